The van der Waals surface area contributed by atoms with Gasteiger partial charge >= 0.3 is 0 Å². The number of amides is 4. The molecule has 15 heteroatoms. The number of hydrogen-bond acceptors (Lipinski definition) is 6. The van der Waals surface area contributed by atoms with Gasteiger partial charge in [-0.1, -0.05) is 76.5 Å². The van der Waals surface area contributed by atoms with Crippen molar-refractivity contribution in [2.24, 2.45) is 38.7 Å². The van der Waals surface area contributed by atoms with Crippen LogP contribution in [0.2, 0.25) is 0 Å². The van der Waals surface area contributed by atoms with Crippen molar-refractivity contribution in [1.82, 2.24) is 20.9 Å². The first-order valence-corrected chi connectivity index (χ1v) is 17.9. The van der Waals surface area contributed by atoms with Crippen LogP contribution in [0.25, 0.3) is 10.9 Å². The number of H-pyrrole nitrogens is 1. The van der Waals surface area contributed by atoms with Crippen LogP contribution in [0.3, 0.4) is 0 Å². The zero-order valence-electron chi connectivity index (χ0n) is 29.6. The fraction of sp³-hybridized carbons (Fsp3) is 0.600. The number of rotatable bonds is 26. The van der Waals surface area contributed by atoms with Gasteiger partial charge in [0.2, 0.25) is 23.6 Å². The Morgan fingerprint density at radius 1 is 0.680 bits per heavy atom. The second-order valence-electron chi connectivity index (χ2n) is 12.7. The van der Waals surface area contributed by atoms with Crippen LogP contribution in [-0.2, 0) is 25.6 Å². The maximum atomic E-state index is 13.9. The summed E-state index contributed by atoms with van der Waals surface area (Å²) in [5.41, 5.74) is 29.0. The van der Waals surface area contributed by atoms with E-state index < -0.39 is 35.8 Å². The van der Waals surface area contributed by atoms with E-state index in [2.05, 4.69) is 37.8 Å². The quantitative estimate of drug-likeness (QED) is 0.0395. The molecule has 1 aromatic carbocycles. The number of nitrogens with zero attached hydrogens (tertiary/aromatic N) is 2. The van der Waals surface area contributed by atoms with Crippen molar-refractivity contribution in [2.75, 3.05) is 13.1 Å². The minimum Gasteiger partial charge on any atom is -0.370 e. The van der Waals surface area contributed by atoms with E-state index in [1.165, 1.54) is 32.1 Å². The van der Waals surface area contributed by atoms with Crippen LogP contribution in [0.4, 0.5) is 0 Å². The molecule has 50 heavy (non-hydrogen) atoms. The number of aromatic nitrogens is 1. The average Bonchev–Trinajstić information content (AvgIpc) is 3.48. The number of primary amides is 1. The molecule has 2 aromatic rings. The van der Waals surface area contributed by atoms with Gasteiger partial charge in [-0.25, -0.2) is 0 Å². The Morgan fingerprint density at radius 3 is 1.82 bits per heavy atom. The summed E-state index contributed by atoms with van der Waals surface area (Å²) >= 11 is 0. The van der Waals surface area contributed by atoms with Crippen LogP contribution in [0.15, 0.2) is 40.4 Å². The van der Waals surface area contributed by atoms with Crippen molar-refractivity contribution in [3.63, 3.8) is 0 Å². The lowest BCUT2D eigenvalue weighted by Crippen LogP contribution is -2.56. The summed E-state index contributed by atoms with van der Waals surface area (Å²) in [6, 6.07) is 4.62. The molecule has 2 rings (SSSR count). The molecule has 278 valence electrons. The standard InChI is InChI=1S/C35H59N11O4/c1-2-3-4-5-6-7-8-9-10-19-30(47)44-29(22-24-23-43-26-16-12-11-15-25(24)26)33(50)46-28(18-14-21-42-35(39)40)32(49)45-27(31(36)48)17-13-20-41-34(37)38/h11-12,15-16,23,27-29,43H,2-10,13-14,17-22H2,1H3,(H2,36,48)(H,44,47)(H,45,49)(H,46,50)(H4,37,38,41)(H4,39,40,42)/t27-,28-,29-/m0/s1. The summed E-state index contributed by atoms with van der Waals surface area (Å²) in [5, 5.41) is 9.30. The van der Waals surface area contributed by atoms with Crippen LogP contribution in [-0.4, -0.2) is 71.7 Å². The van der Waals surface area contributed by atoms with E-state index in [0.29, 0.717) is 12.8 Å². The fourth-order valence-corrected chi connectivity index (χ4v) is 5.70. The highest BCUT2D eigenvalue weighted by Gasteiger charge is 2.29. The Bertz CT molecular complexity index is 1400. The Labute approximate surface area is 295 Å². The van der Waals surface area contributed by atoms with Gasteiger partial charge in [-0.3, -0.25) is 29.2 Å². The minimum atomic E-state index is -1.07. The molecule has 0 aliphatic heterocycles. The SMILES string of the molecule is CCCCCCCCCCCC(=O)N[C@@H](Cc1c[nH]c2ccccc12)C(=O)N[C@@H](CCCN=C(N)N)C(=O)N[C@@H](CCCN=C(N)N)C(N)=O. The molecule has 14 N–H and O–H groups in total. The first-order chi connectivity index (χ1) is 24.0. The molecule has 1 heterocycles. The molecule has 0 spiro atoms. The van der Waals surface area contributed by atoms with E-state index >= 15 is 0 Å². The average molecular weight is 698 g/mol. The molecule has 0 bridgehead atoms. The lowest BCUT2D eigenvalue weighted by atomic mass is 10.0. The number of nitrogens with two attached hydrogens (primary N) is 5. The molecule has 1 aromatic heterocycles. The second kappa shape index (κ2) is 23.5. The van der Waals surface area contributed by atoms with Crippen molar-refractivity contribution >= 4 is 46.5 Å². The fourth-order valence-electron chi connectivity index (χ4n) is 5.70. The third-order valence-corrected chi connectivity index (χ3v) is 8.44. The van der Waals surface area contributed by atoms with Crippen LogP contribution in [0.1, 0.15) is 102 Å². The smallest absolute Gasteiger partial charge is 0.243 e. The Balaban J connectivity index is 2.16. The predicted molar refractivity (Wildman–Crippen MR) is 199 cm³/mol. The zero-order valence-corrected chi connectivity index (χ0v) is 29.6. The summed E-state index contributed by atoms with van der Waals surface area (Å²) in [7, 11) is 0. The summed E-state index contributed by atoms with van der Waals surface area (Å²) in [6.45, 7) is 2.66. The number of nitrogens with one attached hydrogen (secondary N) is 4. The molecule has 15 nitrogen and oxygen atoms in total. The molecular formula is C35H59N11O4. The van der Waals surface area contributed by atoms with Crippen molar-refractivity contribution in [1.29, 1.82) is 0 Å². The number of aromatic amines is 1. The zero-order chi connectivity index (χ0) is 36.7. The maximum Gasteiger partial charge on any atom is 0.243 e. The van der Waals surface area contributed by atoms with E-state index in [1.54, 1.807) is 0 Å². The molecular weight excluding hydrogens is 638 g/mol. The monoisotopic (exact) mass is 697 g/mol. The summed E-state index contributed by atoms with van der Waals surface area (Å²) < 4.78 is 0. The number of fused-ring (bicyclic) bond motifs is 1. The Hall–Kier alpha value is -4.82. The molecule has 0 unspecified atom stereocenters. The van der Waals surface area contributed by atoms with Gasteiger partial charge in [-0.05, 0) is 43.7 Å². The van der Waals surface area contributed by atoms with Gasteiger partial charge in [-0.2, -0.15) is 0 Å². The highest BCUT2D eigenvalue weighted by molar-refractivity contribution is 5.94. The van der Waals surface area contributed by atoms with Crippen LogP contribution in [0.5, 0.6) is 0 Å². The first kappa shape index (κ1) is 41.4. The minimum absolute atomic E-state index is 0.0874. The van der Waals surface area contributed by atoms with Gasteiger partial charge in [-0.15, -0.1) is 0 Å². The third-order valence-electron chi connectivity index (χ3n) is 8.44. The predicted octanol–water partition coefficient (Wildman–Crippen LogP) is 1.68. The molecule has 0 aliphatic carbocycles. The van der Waals surface area contributed by atoms with E-state index in [-0.39, 0.29) is 56.6 Å². The highest BCUT2D eigenvalue weighted by Crippen LogP contribution is 2.20. The van der Waals surface area contributed by atoms with Gasteiger partial charge in [0.05, 0.1) is 0 Å². The van der Waals surface area contributed by atoms with Crippen LogP contribution < -0.4 is 44.6 Å². The molecule has 4 amide bonds. The van der Waals surface area contributed by atoms with Gasteiger partial charge in [0.25, 0.3) is 0 Å². The second-order valence-corrected chi connectivity index (χ2v) is 12.7. The lowest BCUT2D eigenvalue weighted by molar-refractivity contribution is -0.133. The van der Waals surface area contributed by atoms with E-state index in [0.717, 1.165) is 42.1 Å². The van der Waals surface area contributed by atoms with E-state index in [4.69, 9.17) is 28.7 Å². The number of unbranched alkanes of at least 4 members (excludes halogenated alkanes) is 8. The van der Waals surface area contributed by atoms with Crippen LogP contribution in [0, 0.1) is 0 Å². The molecule has 0 fully saturated rings. The largest absolute Gasteiger partial charge is 0.370 e. The number of hydrogen-bond donors (Lipinski definition) is 9. The number of aliphatic imine (C=N–C) groups is 2. The van der Waals surface area contributed by atoms with Gasteiger partial charge < -0.3 is 49.6 Å². The summed E-state index contributed by atoms with van der Waals surface area (Å²) in [5.74, 6) is -2.32. The van der Waals surface area contributed by atoms with Gasteiger partial charge in [0, 0.05) is 43.0 Å². The third kappa shape index (κ3) is 16.5. The molecule has 3 atom stereocenters. The summed E-state index contributed by atoms with van der Waals surface area (Å²) in [4.78, 5) is 63.8. The van der Waals surface area contributed by atoms with E-state index in [9.17, 15) is 19.2 Å². The first-order valence-electron chi connectivity index (χ1n) is 17.9. The number of carbonyl (C=O) groups excluding carboxylic acids is 4. The van der Waals surface area contributed by atoms with Crippen LogP contribution >= 0.6 is 0 Å². The topological polar surface area (TPSA) is 275 Å². The van der Waals surface area contributed by atoms with Gasteiger partial charge in [0.1, 0.15) is 18.1 Å². The van der Waals surface area contributed by atoms with Gasteiger partial charge in [0.15, 0.2) is 11.9 Å². The normalized spacial score (nSPS) is 12.7. The van der Waals surface area contributed by atoms with E-state index in [1.807, 2.05) is 30.5 Å². The number of guanidine groups is 2. The number of carbonyl (C=O) groups is 4. The number of para-hydroxylation sites is 1. The molecule has 0 saturated carbocycles. The van der Waals surface area contributed by atoms with Crippen molar-refractivity contribution in [2.45, 2.75) is 121 Å². The number of benzene rings is 1. The maximum absolute atomic E-state index is 13.9. The molecule has 0 radical (unpaired) electrons. The molecule has 0 saturated heterocycles. The van der Waals surface area contributed by atoms with Crippen molar-refractivity contribution < 1.29 is 19.2 Å². The lowest BCUT2D eigenvalue weighted by Gasteiger charge is -2.25. The Morgan fingerprint density at radius 2 is 1.22 bits per heavy atom. The Kier molecular flexibility index (Phi) is 19.5. The molecule has 0 aliphatic rings. The van der Waals surface area contributed by atoms with Crippen molar-refractivity contribution in [3.8, 4) is 0 Å². The summed E-state index contributed by atoms with van der Waals surface area (Å²) in [6.07, 6.45) is 13.4. The highest BCUT2D eigenvalue weighted by atomic mass is 16.2. The van der Waals surface area contributed by atoms with Crippen molar-refractivity contribution in [3.05, 3.63) is 36.0 Å².